The van der Waals surface area contributed by atoms with Gasteiger partial charge in [-0.05, 0) is 117 Å². The highest BCUT2D eigenvalue weighted by Crippen LogP contribution is 2.27. The number of aryl methyl sites for hydroxylation is 1. The first kappa shape index (κ1) is 38.5. The lowest BCUT2D eigenvalue weighted by atomic mass is 9.99. The minimum absolute atomic E-state index is 0.150. The van der Waals surface area contributed by atoms with Crippen LogP contribution in [0.25, 0.3) is 0 Å². The molecular formula is C36H53FN4O7. The van der Waals surface area contributed by atoms with Gasteiger partial charge in [-0.15, -0.1) is 0 Å². The number of likely N-dealkylation sites (tertiary alicyclic amines) is 1. The molecule has 12 heteroatoms. The van der Waals surface area contributed by atoms with E-state index in [1.54, 1.807) is 63.5 Å². The Morgan fingerprint density at radius 2 is 1.58 bits per heavy atom. The zero-order valence-corrected chi connectivity index (χ0v) is 30.1. The monoisotopic (exact) mass is 672 g/mol. The Hall–Kier alpha value is -3.93. The van der Waals surface area contributed by atoms with Crippen LogP contribution in [0.15, 0.2) is 36.4 Å². The summed E-state index contributed by atoms with van der Waals surface area (Å²) in [4.78, 5) is 46.5. The van der Waals surface area contributed by atoms with Crippen LogP contribution in [0.2, 0.25) is 0 Å². The Morgan fingerprint density at radius 3 is 2.21 bits per heavy atom. The molecule has 0 saturated carbocycles. The molecule has 0 spiro atoms. The third-order valence-electron chi connectivity index (χ3n) is 7.06. The van der Waals surface area contributed by atoms with Gasteiger partial charge in [0.15, 0.2) is 0 Å². The van der Waals surface area contributed by atoms with Crippen LogP contribution in [0, 0.1) is 18.7 Å². The maximum absolute atomic E-state index is 13.8. The maximum Gasteiger partial charge on any atom is 0.413 e. The Labute approximate surface area is 284 Å². The molecule has 3 amide bonds. The minimum atomic E-state index is -0.697. The molecule has 0 aliphatic carbocycles. The van der Waals surface area contributed by atoms with Gasteiger partial charge >= 0.3 is 18.3 Å². The normalized spacial score (nSPS) is 16.8. The van der Waals surface area contributed by atoms with E-state index in [1.807, 2.05) is 39.8 Å². The molecule has 48 heavy (non-hydrogen) atoms. The average molecular weight is 673 g/mol. The Balaban J connectivity index is 1.75. The zero-order chi connectivity index (χ0) is 35.9. The quantitative estimate of drug-likeness (QED) is 0.264. The Bertz CT molecular complexity index is 1410. The molecule has 11 nitrogen and oxygen atoms in total. The number of aromatic nitrogens is 1. The Morgan fingerprint density at radius 1 is 0.917 bits per heavy atom. The molecule has 266 valence electrons. The van der Waals surface area contributed by atoms with Crippen LogP contribution >= 0.6 is 0 Å². The van der Waals surface area contributed by atoms with Crippen molar-refractivity contribution < 1.29 is 37.7 Å². The van der Waals surface area contributed by atoms with Crippen molar-refractivity contribution in [1.82, 2.24) is 14.8 Å². The van der Waals surface area contributed by atoms with Crippen molar-refractivity contribution in [1.29, 1.82) is 0 Å². The van der Waals surface area contributed by atoms with Crippen molar-refractivity contribution in [3.05, 3.63) is 59.0 Å². The number of carbonyl (C=O) groups excluding carboxylic acids is 3. The summed E-state index contributed by atoms with van der Waals surface area (Å²) >= 11 is 0. The lowest BCUT2D eigenvalue weighted by molar-refractivity contribution is -0.000926. The first-order chi connectivity index (χ1) is 22.2. The van der Waals surface area contributed by atoms with Crippen molar-refractivity contribution in [2.24, 2.45) is 5.92 Å². The van der Waals surface area contributed by atoms with Gasteiger partial charge in [0.25, 0.3) is 0 Å². The summed E-state index contributed by atoms with van der Waals surface area (Å²) in [6.45, 7) is 19.5. The number of hydrogen-bond acceptors (Lipinski definition) is 8. The standard InChI is InChI=1S/C36H53FN4O7/c1-24-18-28(38-30(19-24)39-31(42)46-34(2,3)4)21-26-22-41(33(44)48-36(8,9)10)23-29(26)45-17-16-40(32(43)47-35(5,6)7)15-14-25-12-11-13-27(37)20-25/h11-13,18-20,26,29H,14-17,21-23H2,1-10H3,(H,38,39,42)/t26-,29-/m0/s1. The van der Waals surface area contributed by atoms with E-state index >= 15 is 0 Å². The van der Waals surface area contributed by atoms with E-state index < -0.39 is 35.1 Å². The fourth-order valence-corrected chi connectivity index (χ4v) is 5.18. The number of anilines is 1. The molecule has 1 aromatic carbocycles. The fourth-order valence-electron chi connectivity index (χ4n) is 5.18. The number of ether oxygens (including phenoxy) is 4. The van der Waals surface area contributed by atoms with E-state index in [9.17, 15) is 18.8 Å². The highest BCUT2D eigenvalue weighted by Gasteiger charge is 2.38. The molecule has 1 N–H and O–H groups in total. The molecule has 0 radical (unpaired) electrons. The summed E-state index contributed by atoms with van der Waals surface area (Å²) in [5.41, 5.74) is 0.362. The smallest absolute Gasteiger partial charge is 0.413 e. The van der Waals surface area contributed by atoms with Gasteiger partial charge in [-0.25, -0.2) is 23.8 Å². The number of hydrogen-bond donors (Lipinski definition) is 1. The van der Waals surface area contributed by atoms with Crippen molar-refractivity contribution in [3.63, 3.8) is 0 Å². The third-order valence-corrected chi connectivity index (χ3v) is 7.06. The lowest BCUT2D eigenvalue weighted by Gasteiger charge is -2.28. The summed E-state index contributed by atoms with van der Waals surface area (Å²) < 4.78 is 36.9. The summed E-state index contributed by atoms with van der Waals surface area (Å²) in [6.07, 6.45) is -1.01. The molecule has 1 saturated heterocycles. The molecule has 1 aliphatic heterocycles. The van der Waals surface area contributed by atoms with Gasteiger partial charge in [-0.2, -0.15) is 0 Å². The highest BCUT2D eigenvalue weighted by molar-refractivity contribution is 5.83. The highest BCUT2D eigenvalue weighted by atomic mass is 19.1. The number of rotatable bonds is 10. The predicted octanol–water partition coefficient (Wildman–Crippen LogP) is 7.15. The number of benzene rings is 1. The molecule has 2 aromatic rings. The van der Waals surface area contributed by atoms with E-state index in [0.717, 1.165) is 16.8 Å². The topological polar surface area (TPSA) is 120 Å². The molecule has 1 aliphatic rings. The molecular weight excluding hydrogens is 619 g/mol. The van der Waals surface area contributed by atoms with Crippen molar-refractivity contribution in [2.75, 3.05) is 38.1 Å². The molecule has 3 rings (SSSR count). The number of nitrogens with zero attached hydrogens (tertiary/aromatic N) is 3. The van der Waals surface area contributed by atoms with Crippen molar-refractivity contribution >= 4 is 24.1 Å². The van der Waals surface area contributed by atoms with Crippen LogP contribution in [0.1, 0.15) is 79.1 Å². The van der Waals surface area contributed by atoms with Gasteiger partial charge in [-0.1, -0.05) is 12.1 Å². The first-order valence-electron chi connectivity index (χ1n) is 16.5. The van der Waals surface area contributed by atoms with Gasteiger partial charge in [-0.3, -0.25) is 5.32 Å². The molecule has 1 aromatic heterocycles. The Kier molecular flexibility index (Phi) is 12.8. The number of carbonyl (C=O) groups is 3. The van der Waals surface area contributed by atoms with Gasteiger partial charge in [0.05, 0.1) is 19.3 Å². The second-order valence-electron chi connectivity index (χ2n) is 15.3. The van der Waals surface area contributed by atoms with E-state index in [2.05, 4.69) is 10.3 Å². The summed E-state index contributed by atoms with van der Waals surface area (Å²) in [7, 11) is 0. The van der Waals surface area contributed by atoms with Crippen LogP contribution in [0.3, 0.4) is 0 Å². The van der Waals surface area contributed by atoms with Gasteiger partial charge in [0.2, 0.25) is 0 Å². The lowest BCUT2D eigenvalue weighted by Crippen LogP contribution is -2.41. The third kappa shape index (κ3) is 13.7. The SMILES string of the molecule is Cc1cc(C[C@H]2CN(C(=O)OC(C)(C)C)C[C@@H]2OCCN(CCc2cccc(F)c2)C(=O)OC(C)(C)C)nc(NC(=O)OC(C)(C)C)c1. The van der Waals surface area contributed by atoms with Crippen molar-refractivity contribution in [2.45, 2.75) is 105 Å². The first-order valence-corrected chi connectivity index (χ1v) is 16.5. The average Bonchev–Trinajstić information content (AvgIpc) is 3.29. The van der Waals surface area contributed by atoms with Crippen LogP contribution in [-0.4, -0.2) is 88.8 Å². The minimum Gasteiger partial charge on any atom is -0.444 e. The van der Waals surface area contributed by atoms with Crippen LogP contribution in [-0.2, 0) is 31.8 Å². The van der Waals surface area contributed by atoms with Crippen molar-refractivity contribution in [3.8, 4) is 0 Å². The second kappa shape index (κ2) is 16.0. The number of nitrogens with one attached hydrogen (secondary N) is 1. The van der Waals surface area contributed by atoms with Gasteiger partial charge < -0.3 is 28.7 Å². The molecule has 0 bridgehead atoms. The van der Waals surface area contributed by atoms with Crippen LogP contribution < -0.4 is 5.32 Å². The summed E-state index contributed by atoms with van der Waals surface area (Å²) in [5, 5.41) is 2.71. The summed E-state index contributed by atoms with van der Waals surface area (Å²) in [6, 6.07) is 9.98. The number of halogens is 1. The maximum atomic E-state index is 13.8. The zero-order valence-electron chi connectivity index (χ0n) is 30.1. The summed E-state index contributed by atoms with van der Waals surface area (Å²) in [5.74, 6) is -0.120. The molecule has 1 fully saturated rings. The molecule has 2 atom stereocenters. The number of amides is 3. The largest absolute Gasteiger partial charge is 0.444 e. The van der Waals surface area contributed by atoms with E-state index in [1.165, 1.54) is 12.1 Å². The predicted molar refractivity (Wildman–Crippen MR) is 181 cm³/mol. The fraction of sp³-hybridized carbons (Fsp3) is 0.611. The van der Waals surface area contributed by atoms with Gasteiger partial charge in [0, 0.05) is 31.2 Å². The molecule has 0 unspecified atom stereocenters. The van der Waals surface area contributed by atoms with Crippen LogP contribution in [0.4, 0.5) is 24.6 Å². The van der Waals surface area contributed by atoms with E-state index in [0.29, 0.717) is 38.3 Å². The second-order valence-corrected chi connectivity index (χ2v) is 15.3. The molecule has 2 heterocycles. The van der Waals surface area contributed by atoms with Gasteiger partial charge in [0.1, 0.15) is 28.4 Å². The van der Waals surface area contributed by atoms with E-state index in [-0.39, 0.29) is 31.0 Å². The number of pyridine rings is 1. The van der Waals surface area contributed by atoms with Crippen LogP contribution in [0.5, 0.6) is 0 Å². The van der Waals surface area contributed by atoms with E-state index in [4.69, 9.17) is 18.9 Å².